The van der Waals surface area contributed by atoms with Crippen molar-refractivity contribution in [1.82, 2.24) is 0 Å². The maximum Gasteiger partial charge on any atom is 1.00 e. The van der Waals surface area contributed by atoms with E-state index in [4.69, 9.17) is 4.74 Å². The van der Waals surface area contributed by atoms with E-state index in [1.165, 1.54) is 70.3 Å². The van der Waals surface area contributed by atoms with Crippen LogP contribution in [0.25, 0.3) is 0 Å². The van der Waals surface area contributed by atoms with Crippen molar-refractivity contribution in [2.75, 3.05) is 0 Å². The summed E-state index contributed by atoms with van der Waals surface area (Å²) in [5.41, 5.74) is 1.04. The average Bonchev–Trinajstić information content (AvgIpc) is 2.73. The third-order valence-corrected chi connectivity index (χ3v) is 6.32. The maximum atomic E-state index is 11.7. The summed E-state index contributed by atoms with van der Waals surface area (Å²) >= 11 is 0. The average molecular weight is 471 g/mol. The van der Waals surface area contributed by atoms with Crippen LogP contribution in [0.2, 0.25) is 0 Å². The summed E-state index contributed by atoms with van der Waals surface area (Å²) in [7, 11) is -4.58. The molecule has 0 atom stereocenters. The van der Waals surface area contributed by atoms with Crippen LogP contribution in [0.5, 0.6) is 17.2 Å². The number of aryl methyl sites for hydroxylation is 1. The van der Waals surface area contributed by atoms with Gasteiger partial charge in [0.2, 0.25) is 0 Å². The quantitative estimate of drug-likeness (QED) is 0.244. The van der Waals surface area contributed by atoms with Gasteiger partial charge in [-0.3, -0.25) is 4.55 Å². The van der Waals surface area contributed by atoms with Gasteiger partial charge in [0.25, 0.3) is 10.1 Å². The van der Waals surface area contributed by atoms with E-state index < -0.39 is 20.8 Å². The van der Waals surface area contributed by atoms with Crippen molar-refractivity contribution in [2.45, 2.75) is 88.9 Å². The van der Waals surface area contributed by atoms with Crippen molar-refractivity contribution >= 4 is 10.1 Å². The minimum absolute atomic E-state index is 0. The normalized spacial score (nSPS) is 11.2. The molecular weight excluding hydrogens is 435 g/mol. The number of rotatable bonds is 15. The first-order chi connectivity index (χ1) is 14.9. The summed E-state index contributed by atoms with van der Waals surface area (Å²) in [5.74, 6) is 0.0808. The van der Waals surface area contributed by atoms with Gasteiger partial charge in [0.1, 0.15) is 11.5 Å². The van der Waals surface area contributed by atoms with E-state index in [9.17, 15) is 18.1 Å². The van der Waals surface area contributed by atoms with E-state index in [0.717, 1.165) is 30.5 Å². The van der Waals surface area contributed by atoms with Crippen molar-refractivity contribution in [1.29, 1.82) is 0 Å². The fraction of sp³-hybridized carbons (Fsp3) is 0.520. The summed E-state index contributed by atoms with van der Waals surface area (Å²) < 4.78 is 37.7. The van der Waals surface area contributed by atoms with Gasteiger partial charge in [0, 0.05) is 6.07 Å². The van der Waals surface area contributed by atoms with Gasteiger partial charge >= 0.3 is 29.6 Å². The van der Waals surface area contributed by atoms with Crippen LogP contribution < -0.4 is 39.4 Å². The molecule has 0 spiro atoms. The number of hydrogen-bond acceptors (Lipinski definition) is 4. The molecule has 172 valence electrons. The molecule has 5 nitrogen and oxygen atoms in total. The van der Waals surface area contributed by atoms with Crippen LogP contribution in [0.15, 0.2) is 47.4 Å². The third-order valence-electron chi connectivity index (χ3n) is 5.44. The molecule has 0 bridgehead atoms. The van der Waals surface area contributed by atoms with Crippen molar-refractivity contribution in [3.8, 4) is 17.2 Å². The standard InChI is InChI=1S/C25H36O5S.Na/c1-2-3-4-5-6-7-8-9-10-11-12-15-21-16-13-14-17-24(21)30-22-18-19-23(26)25(20-22)31(27,28)29;/h13-14,16-20,26H,2-12,15H2,1H3,(H,27,28,29);/q;+1/p-1. The minimum Gasteiger partial charge on any atom is -0.872 e. The molecule has 7 heteroatoms. The molecule has 0 aliphatic heterocycles. The van der Waals surface area contributed by atoms with E-state index in [2.05, 4.69) is 6.92 Å². The summed E-state index contributed by atoms with van der Waals surface area (Å²) in [6.45, 7) is 2.25. The van der Waals surface area contributed by atoms with E-state index in [1.807, 2.05) is 24.3 Å². The van der Waals surface area contributed by atoms with Gasteiger partial charge < -0.3 is 9.84 Å². The Kier molecular flexibility index (Phi) is 14.2. The van der Waals surface area contributed by atoms with Crippen LogP contribution in [-0.2, 0) is 16.5 Å². The molecular formula is C25H35NaO5S. The number of ether oxygens (including phenoxy) is 1. The van der Waals surface area contributed by atoms with E-state index in [1.54, 1.807) is 0 Å². The van der Waals surface area contributed by atoms with Crippen LogP contribution in [0.3, 0.4) is 0 Å². The topological polar surface area (TPSA) is 86.7 Å². The second-order valence-corrected chi connectivity index (χ2v) is 9.47. The molecule has 32 heavy (non-hydrogen) atoms. The number of unbranched alkanes of at least 4 members (excludes halogenated alkanes) is 10. The van der Waals surface area contributed by atoms with E-state index in [0.29, 0.717) is 5.75 Å². The molecule has 2 aromatic rings. The van der Waals surface area contributed by atoms with Crippen molar-refractivity contribution < 1.29 is 52.4 Å². The second kappa shape index (κ2) is 15.7. The molecule has 0 heterocycles. The Labute approximate surface area is 215 Å². The van der Waals surface area contributed by atoms with Crippen molar-refractivity contribution in [3.63, 3.8) is 0 Å². The van der Waals surface area contributed by atoms with Crippen molar-refractivity contribution in [3.05, 3.63) is 48.0 Å². The van der Waals surface area contributed by atoms with Crippen LogP contribution in [0, 0.1) is 0 Å². The fourth-order valence-corrected chi connectivity index (χ4v) is 4.26. The second-order valence-electron chi connectivity index (χ2n) is 8.08. The van der Waals surface area contributed by atoms with Gasteiger partial charge in [-0.25, -0.2) is 0 Å². The first kappa shape index (κ1) is 29.0. The monoisotopic (exact) mass is 470 g/mol. The largest absolute Gasteiger partial charge is 1.00 e. The molecule has 2 rings (SSSR count). The van der Waals surface area contributed by atoms with Crippen LogP contribution in [-0.4, -0.2) is 13.0 Å². The Hall–Kier alpha value is -1.05. The zero-order chi connectivity index (χ0) is 22.5. The minimum atomic E-state index is -4.58. The molecule has 0 aromatic heterocycles. The van der Waals surface area contributed by atoms with Gasteiger partial charge in [0.05, 0.1) is 4.90 Å². The summed E-state index contributed by atoms with van der Waals surface area (Å²) in [6.07, 6.45) is 15.0. The van der Waals surface area contributed by atoms with Gasteiger partial charge in [-0.1, -0.05) is 101 Å². The van der Waals surface area contributed by atoms with E-state index >= 15 is 0 Å². The first-order valence-electron chi connectivity index (χ1n) is 11.5. The predicted molar refractivity (Wildman–Crippen MR) is 122 cm³/mol. The van der Waals surface area contributed by atoms with Crippen LogP contribution >= 0.6 is 0 Å². The van der Waals surface area contributed by atoms with Gasteiger partial charge in [-0.15, -0.1) is 0 Å². The Morgan fingerprint density at radius 1 is 0.844 bits per heavy atom. The molecule has 2 aromatic carbocycles. The fourth-order valence-electron chi connectivity index (χ4n) is 3.67. The molecule has 0 saturated carbocycles. The molecule has 0 aliphatic rings. The number of hydrogen-bond donors (Lipinski definition) is 1. The molecule has 0 saturated heterocycles. The van der Waals surface area contributed by atoms with Crippen LogP contribution in [0.4, 0.5) is 0 Å². The Morgan fingerprint density at radius 3 is 2.00 bits per heavy atom. The number of para-hydroxylation sites is 1. The first-order valence-corrected chi connectivity index (χ1v) is 12.9. The zero-order valence-electron chi connectivity index (χ0n) is 19.5. The molecule has 0 fully saturated rings. The molecule has 0 unspecified atom stereocenters. The van der Waals surface area contributed by atoms with Crippen molar-refractivity contribution in [2.24, 2.45) is 0 Å². The van der Waals surface area contributed by atoms with Gasteiger partial charge in [-0.2, -0.15) is 8.42 Å². The molecule has 0 radical (unpaired) electrons. The smallest absolute Gasteiger partial charge is 0.872 e. The maximum absolute atomic E-state index is 11.7. The SMILES string of the molecule is CCCCCCCCCCCCCc1ccccc1Oc1ccc([O-])c(S(=O)(=O)O)c1.[Na+]. The van der Waals surface area contributed by atoms with Crippen LogP contribution in [0.1, 0.15) is 83.1 Å². The summed E-state index contributed by atoms with van der Waals surface area (Å²) in [4.78, 5) is -0.673. The Morgan fingerprint density at radius 2 is 1.41 bits per heavy atom. The zero-order valence-corrected chi connectivity index (χ0v) is 22.3. The Balaban J connectivity index is 0.00000512. The summed E-state index contributed by atoms with van der Waals surface area (Å²) in [5, 5.41) is 11.7. The molecule has 1 N–H and O–H groups in total. The van der Waals surface area contributed by atoms with E-state index in [-0.39, 0.29) is 35.3 Å². The molecule has 0 aliphatic carbocycles. The Bertz CT molecular complexity index is 899. The van der Waals surface area contributed by atoms with Gasteiger partial charge in [-0.05, 0) is 30.5 Å². The summed E-state index contributed by atoms with van der Waals surface area (Å²) in [6, 6.07) is 11.2. The van der Waals surface area contributed by atoms with Gasteiger partial charge in [0.15, 0.2) is 0 Å². The number of benzene rings is 2. The third kappa shape index (κ3) is 10.7. The predicted octanol–water partition coefficient (Wildman–Crippen LogP) is 3.66. The molecule has 0 amide bonds.